The third-order valence-electron chi connectivity index (χ3n) is 8.00. The molecule has 1 aromatic heterocycles. The maximum atomic E-state index is 4.72. The summed E-state index contributed by atoms with van der Waals surface area (Å²) in [6.07, 6.45) is 10.5. The second kappa shape index (κ2) is 12.4. The zero-order chi connectivity index (χ0) is 22.2. The van der Waals surface area contributed by atoms with Gasteiger partial charge in [0.25, 0.3) is 7.41 Å². The Morgan fingerprint density at radius 2 is 1.97 bits per heavy atom. The number of hydrogen-bond acceptors (Lipinski definition) is 4. The van der Waals surface area contributed by atoms with Gasteiger partial charge in [-0.05, 0) is 25.0 Å². The molecule has 0 saturated heterocycles. The van der Waals surface area contributed by atoms with E-state index in [-0.39, 0.29) is 5.21 Å². The van der Waals surface area contributed by atoms with Crippen molar-refractivity contribution in [2.45, 2.75) is 113 Å². The van der Waals surface area contributed by atoms with Crippen LogP contribution in [0.5, 0.6) is 0 Å². The van der Waals surface area contributed by atoms with Gasteiger partial charge in [0.15, 0.2) is 0 Å². The molecule has 2 heterocycles. The van der Waals surface area contributed by atoms with Crippen molar-refractivity contribution < 1.29 is 0 Å². The summed E-state index contributed by atoms with van der Waals surface area (Å²) in [5.41, 5.74) is 2.64. The molecule has 30 heavy (non-hydrogen) atoms. The second-order valence-corrected chi connectivity index (χ2v) is 12.7. The Balaban J connectivity index is 2.22. The summed E-state index contributed by atoms with van der Waals surface area (Å²) >= 11 is 4.22. The first kappa shape index (κ1) is 26.4. The van der Waals surface area contributed by atoms with Crippen LogP contribution >= 0.6 is 23.5 Å². The number of fused-ring (bicyclic) bond motifs is 1. The van der Waals surface area contributed by atoms with Crippen molar-refractivity contribution in [3.05, 3.63) is 11.4 Å². The van der Waals surface area contributed by atoms with E-state index in [1.165, 1.54) is 68.5 Å². The Morgan fingerprint density at radius 3 is 2.63 bits per heavy atom. The highest BCUT2D eigenvalue weighted by Crippen LogP contribution is 2.43. The summed E-state index contributed by atoms with van der Waals surface area (Å²) in [5.74, 6) is 3.36. The van der Waals surface area contributed by atoms with Gasteiger partial charge < -0.3 is 0 Å². The molecule has 0 saturated carbocycles. The predicted octanol–water partition coefficient (Wildman–Crippen LogP) is 4.20. The Labute approximate surface area is 198 Å². The van der Waals surface area contributed by atoms with Crippen LogP contribution in [0, 0.1) is 0 Å². The molecule has 3 atom stereocenters. The molecule has 0 aliphatic carbocycles. The zero-order valence-corrected chi connectivity index (χ0v) is 22.4. The van der Waals surface area contributed by atoms with Gasteiger partial charge in [-0.3, -0.25) is 4.59 Å². The van der Waals surface area contributed by atoms with E-state index >= 15 is 0 Å². The van der Waals surface area contributed by atoms with E-state index in [9.17, 15) is 0 Å². The minimum Gasteiger partial charge on any atom is -0.299 e. The number of hydrogen-bond donors (Lipinski definition) is 0. The summed E-state index contributed by atoms with van der Waals surface area (Å²) in [5, 5.41) is 10.8. The summed E-state index contributed by atoms with van der Waals surface area (Å²) in [4.78, 5) is 0. The second-order valence-electron chi connectivity index (χ2n) is 10.3. The molecular weight excluding hydrogens is 402 g/mol. The first-order chi connectivity index (χ1) is 14.3. The maximum Gasteiger partial charge on any atom is 0.267 e. The fourth-order valence-corrected chi connectivity index (χ4v) is 6.94. The van der Waals surface area contributed by atoms with Gasteiger partial charge in [0.05, 0.1) is 33.6 Å². The first-order valence-electron chi connectivity index (χ1n) is 12.4. The van der Waals surface area contributed by atoms with Crippen LogP contribution in [0.2, 0.25) is 10.4 Å². The van der Waals surface area contributed by atoms with Gasteiger partial charge in [-0.2, -0.15) is 23.5 Å². The maximum absolute atomic E-state index is 4.72. The summed E-state index contributed by atoms with van der Waals surface area (Å²) in [6.45, 7) is 12.5. The average molecular weight is 445 g/mol. The quantitative estimate of drug-likeness (QED) is 0.534. The van der Waals surface area contributed by atoms with Crippen LogP contribution in [0.4, 0.5) is 0 Å². The third-order valence-corrected chi connectivity index (χ3v) is 10.4. The standard InChI is InChI=1S/C21H43B4N3S2/c1-6-9-12-17-13-10-11-14-29-16-19-18(15-30-17)26-27-28(19)24-21(5,8-3)25(23)20(4,22)7-2/h17,24H,6-16,22-23H2,1-5H3. The van der Waals surface area contributed by atoms with Crippen LogP contribution in [0.25, 0.3) is 0 Å². The van der Waals surface area contributed by atoms with Gasteiger partial charge in [-0.25, -0.2) is 0 Å². The van der Waals surface area contributed by atoms with Crippen molar-refractivity contribution in [2.24, 2.45) is 0 Å². The van der Waals surface area contributed by atoms with Gasteiger partial charge in [-0.1, -0.05) is 82.4 Å². The molecule has 0 fully saturated rings. The van der Waals surface area contributed by atoms with Crippen LogP contribution in [-0.2, 0) is 11.5 Å². The van der Waals surface area contributed by atoms with Crippen molar-refractivity contribution in [1.82, 2.24) is 14.9 Å². The molecular formula is C21H43B4N3S2. The molecule has 2 rings (SSSR count). The molecule has 1 aliphatic heterocycles. The molecule has 1 aromatic rings. The highest BCUT2D eigenvalue weighted by molar-refractivity contribution is 7.99. The zero-order valence-electron chi connectivity index (χ0n) is 20.8. The van der Waals surface area contributed by atoms with E-state index in [0.29, 0.717) is 11.8 Å². The fourth-order valence-electron chi connectivity index (χ4n) is 4.60. The summed E-state index contributed by atoms with van der Waals surface area (Å²) < 4.78 is 2.29. The van der Waals surface area contributed by atoms with Crippen LogP contribution in [0.1, 0.15) is 97.4 Å². The number of unbranched alkanes of at least 4 members (excludes halogenated alkanes) is 1. The SMILES string of the molecule is BB(C(B)(C)CC)C(C)(Bn1nnc2c1CSCCCCC(CCCC)SC2)CC. The van der Waals surface area contributed by atoms with E-state index in [2.05, 4.69) is 78.3 Å². The minimum absolute atomic E-state index is 0.231. The van der Waals surface area contributed by atoms with Crippen molar-refractivity contribution in [3.8, 4) is 0 Å². The van der Waals surface area contributed by atoms with Gasteiger partial charge in [-0.15, -0.1) is 5.10 Å². The van der Waals surface area contributed by atoms with Gasteiger partial charge in [0.2, 0.25) is 0 Å². The average Bonchev–Trinajstić information content (AvgIpc) is 3.09. The summed E-state index contributed by atoms with van der Waals surface area (Å²) in [7, 11) is 5.87. The predicted molar refractivity (Wildman–Crippen MR) is 147 cm³/mol. The van der Waals surface area contributed by atoms with Crippen LogP contribution in [0.15, 0.2) is 0 Å². The molecule has 0 radical (unpaired) electrons. The van der Waals surface area contributed by atoms with Crippen molar-refractivity contribution in [2.75, 3.05) is 5.75 Å². The van der Waals surface area contributed by atoms with Crippen LogP contribution in [0.3, 0.4) is 0 Å². The Hall–Kier alpha value is 0.0997. The number of rotatable bonds is 9. The lowest BCUT2D eigenvalue weighted by Gasteiger charge is -2.42. The van der Waals surface area contributed by atoms with E-state index in [1.807, 2.05) is 0 Å². The molecule has 0 spiro atoms. The van der Waals surface area contributed by atoms with Gasteiger partial charge in [0.1, 0.15) is 0 Å². The minimum atomic E-state index is 0.231. The number of nitrogens with zero attached hydrogens (tertiary/aromatic N) is 3. The van der Waals surface area contributed by atoms with E-state index < -0.39 is 0 Å². The van der Waals surface area contributed by atoms with Crippen LogP contribution in [-0.4, -0.2) is 55.5 Å². The fraction of sp³-hybridized carbons (Fsp3) is 0.905. The lowest BCUT2D eigenvalue weighted by atomic mass is 9.04. The highest BCUT2D eigenvalue weighted by atomic mass is 32.2. The normalized spacial score (nSPS) is 22.2. The lowest BCUT2D eigenvalue weighted by Crippen LogP contribution is -2.47. The highest BCUT2D eigenvalue weighted by Gasteiger charge is 2.42. The number of aromatic nitrogens is 3. The molecule has 166 valence electrons. The number of thioether (sulfide) groups is 2. The van der Waals surface area contributed by atoms with E-state index in [0.717, 1.165) is 24.2 Å². The van der Waals surface area contributed by atoms with Crippen molar-refractivity contribution >= 4 is 53.1 Å². The molecule has 1 aliphatic rings. The van der Waals surface area contributed by atoms with Crippen molar-refractivity contribution in [1.29, 1.82) is 0 Å². The van der Waals surface area contributed by atoms with Crippen molar-refractivity contribution in [3.63, 3.8) is 0 Å². The molecule has 9 heteroatoms. The first-order valence-corrected chi connectivity index (χ1v) is 14.6. The topological polar surface area (TPSA) is 30.7 Å². The molecule has 0 aromatic carbocycles. The van der Waals surface area contributed by atoms with Crippen LogP contribution < -0.4 is 0 Å². The Morgan fingerprint density at radius 1 is 1.20 bits per heavy atom. The van der Waals surface area contributed by atoms with E-state index in [1.54, 1.807) is 0 Å². The Bertz CT molecular complexity index is 644. The molecule has 0 amide bonds. The molecule has 0 N–H and O–H groups in total. The largest absolute Gasteiger partial charge is 0.299 e. The monoisotopic (exact) mass is 445 g/mol. The Kier molecular flexibility index (Phi) is 10.9. The third kappa shape index (κ3) is 7.05. The van der Waals surface area contributed by atoms with Gasteiger partial charge in [0, 0.05) is 16.8 Å². The lowest BCUT2D eigenvalue weighted by molar-refractivity contribution is 0.617. The smallest absolute Gasteiger partial charge is 0.267 e. The molecule has 3 unspecified atom stereocenters. The molecule has 3 nitrogen and oxygen atoms in total. The summed E-state index contributed by atoms with van der Waals surface area (Å²) in [6, 6.07) is 0. The van der Waals surface area contributed by atoms with Gasteiger partial charge >= 0.3 is 0 Å². The van der Waals surface area contributed by atoms with E-state index in [4.69, 9.17) is 10.3 Å². The molecule has 0 bridgehead atoms.